The molecule has 2 amide bonds. The Bertz CT molecular complexity index is 519. The standard InChI is InChI=1S/C13H15ClN2O3/c1-8-7-19-5-4-16(8)13(18)10-3-2-9(14)6-11(10)12(15)17/h2-3,6,8H,4-5,7H2,1H3,(H2,15,17)/t8-/m0/s1. The molecule has 2 rings (SSSR count). The smallest absolute Gasteiger partial charge is 0.255 e. The van der Waals surface area contributed by atoms with Gasteiger partial charge >= 0.3 is 0 Å². The summed E-state index contributed by atoms with van der Waals surface area (Å²) in [4.78, 5) is 25.6. The minimum atomic E-state index is -0.660. The largest absolute Gasteiger partial charge is 0.377 e. The zero-order chi connectivity index (χ0) is 14.0. The fraction of sp³-hybridized carbons (Fsp3) is 0.385. The fourth-order valence-corrected chi connectivity index (χ4v) is 2.26. The highest BCUT2D eigenvalue weighted by Crippen LogP contribution is 2.19. The summed E-state index contributed by atoms with van der Waals surface area (Å²) < 4.78 is 5.29. The van der Waals surface area contributed by atoms with Gasteiger partial charge in [0.2, 0.25) is 5.91 Å². The number of carbonyl (C=O) groups is 2. The van der Waals surface area contributed by atoms with Crippen molar-refractivity contribution in [2.45, 2.75) is 13.0 Å². The minimum Gasteiger partial charge on any atom is -0.377 e. The summed E-state index contributed by atoms with van der Waals surface area (Å²) in [6.07, 6.45) is 0. The fourth-order valence-electron chi connectivity index (χ4n) is 2.09. The van der Waals surface area contributed by atoms with Crippen LogP contribution < -0.4 is 5.73 Å². The first kappa shape index (κ1) is 13.8. The van der Waals surface area contributed by atoms with Gasteiger partial charge in [0.05, 0.1) is 30.4 Å². The molecule has 6 heteroatoms. The van der Waals surface area contributed by atoms with Gasteiger partial charge in [-0.2, -0.15) is 0 Å². The SMILES string of the molecule is C[C@H]1COCCN1C(=O)c1ccc(Cl)cc1C(N)=O. The summed E-state index contributed by atoms with van der Waals surface area (Å²) in [6, 6.07) is 4.50. The molecule has 0 saturated carbocycles. The number of nitrogens with zero attached hydrogens (tertiary/aromatic N) is 1. The van der Waals surface area contributed by atoms with Crippen molar-refractivity contribution in [3.8, 4) is 0 Å². The first-order valence-corrected chi connectivity index (χ1v) is 6.36. The zero-order valence-corrected chi connectivity index (χ0v) is 11.3. The molecule has 0 aromatic heterocycles. The van der Waals surface area contributed by atoms with Crippen LogP contribution in [0.25, 0.3) is 0 Å². The number of primary amides is 1. The van der Waals surface area contributed by atoms with Crippen molar-refractivity contribution in [3.63, 3.8) is 0 Å². The van der Waals surface area contributed by atoms with Crippen LogP contribution in [0.1, 0.15) is 27.6 Å². The number of halogens is 1. The Labute approximate surface area is 116 Å². The molecule has 0 spiro atoms. The van der Waals surface area contributed by atoms with Crippen molar-refractivity contribution < 1.29 is 14.3 Å². The topological polar surface area (TPSA) is 72.6 Å². The number of nitrogens with two attached hydrogens (primary N) is 1. The Kier molecular flexibility index (Phi) is 4.07. The second kappa shape index (κ2) is 5.59. The molecule has 1 aromatic rings. The van der Waals surface area contributed by atoms with Crippen LogP contribution in [0.2, 0.25) is 5.02 Å². The van der Waals surface area contributed by atoms with Gasteiger partial charge in [-0.3, -0.25) is 9.59 Å². The Morgan fingerprint density at radius 1 is 1.42 bits per heavy atom. The van der Waals surface area contributed by atoms with Gasteiger partial charge in [0.25, 0.3) is 5.91 Å². The van der Waals surface area contributed by atoms with Crippen LogP contribution in [-0.4, -0.2) is 42.5 Å². The highest BCUT2D eigenvalue weighted by molar-refractivity contribution is 6.31. The van der Waals surface area contributed by atoms with E-state index in [4.69, 9.17) is 22.1 Å². The first-order valence-electron chi connectivity index (χ1n) is 5.98. The molecule has 0 unspecified atom stereocenters. The third-order valence-corrected chi connectivity index (χ3v) is 3.34. The maximum Gasteiger partial charge on any atom is 0.255 e. The molecular formula is C13H15ClN2O3. The Hall–Kier alpha value is -1.59. The summed E-state index contributed by atoms with van der Waals surface area (Å²) in [7, 11) is 0. The number of carbonyl (C=O) groups excluding carboxylic acids is 2. The predicted molar refractivity (Wildman–Crippen MR) is 71.3 cm³/mol. The third kappa shape index (κ3) is 2.88. The molecule has 5 nitrogen and oxygen atoms in total. The van der Waals surface area contributed by atoms with E-state index in [1.807, 2.05) is 6.92 Å². The van der Waals surface area contributed by atoms with E-state index in [2.05, 4.69) is 0 Å². The second-order valence-corrected chi connectivity index (χ2v) is 4.91. The molecular weight excluding hydrogens is 268 g/mol. The van der Waals surface area contributed by atoms with Gasteiger partial charge in [0.15, 0.2) is 0 Å². The average Bonchev–Trinajstić information content (AvgIpc) is 2.38. The van der Waals surface area contributed by atoms with Crippen LogP contribution in [0, 0.1) is 0 Å². The normalized spacial score (nSPS) is 19.3. The second-order valence-electron chi connectivity index (χ2n) is 4.48. The molecule has 1 heterocycles. The van der Waals surface area contributed by atoms with Crippen molar-refractivity contribution in [3.05, 3.63) is 34.3 Å². The monoisotopic (exact) mass is 282 g/mol. The number of ether oxygens (including phenoxy) is 1. The van der Waals surface area contributed by atoms with Crippen molar-refractivity contribution in [2.24, 2.45) is 5.73 Å². The van der Waals surface area contributed by atoms with Crippen LogP contribution in [0.4, 0.5) is 0 Å². The lowest BCUT2D eigenvalue weighted by Gasteiger charge is -2.33. The number of hydrogen-bond acceptors (Lipinski definition) is 3. The molecule has 1 atom stereocenters. The molecule has 1 aromatic carbocycles. The van der Waals surface area contributed by atoms with Crippen LogP contribution in [-0.2, 0) is 4.74 Å². The van der Waals surface area contributed by atoms with Gasteiger partial charge < -0.3 is 15.4 Å². The van der Waals surface area contributed by atoms with Crippen LogP contribution in [0.15, 0.2) is 18.2 Å². The molecule has 1 aliphatic rings. The van der Waals surface area contributed by atoms with Crippen molar-refractivity contribution in [1.29, 1.82) is 0 Å². The van der Waals surface area contributed by atoms with E-state index in [0.29, 0.717) is 24.8 Å². The number of rotatable bonds is 2. The maximum absolute atomic E-state index is 12.5. The van der Waals surface area contributed by atoms with Gasteiger partial charge in [0.1, 0.15) is 0 Å². The summed E-state index contributed by atoms with van der Waals surface area (Å²) in [6.45, 7) is 3.39. The predicted octanol–water partition coefficient (Wildman–Crippen LogP) is 1.30. The number of hydrogen-bond donors (Lipinski definition) is 1. The number of benzene rings is 1. The summed E-state index contributed by atoms with van der Waals surface area (Å²) >= 11 is 5.83. The minimum absolute atomic E-state index is 0.0299. The van der Waals surface area contributed by atoms with E-state index in [-0.39, 0.29) is 23.1 Å². The van der Waals surface area contributed by atoms with Crippen molar-refractivity contribution in [1.82, 2.24) is 4.90 Å². The molecule has 0 radical (unpaired) electrons. The van der Waals surface area contributed by atoms with E-state index >= 15 is 0 Å². The van der Waals surface area contributed by atoms with Gasteiger partial charge in [-0.05, 0) is 25.1 Å². The first-order chi connectivity index (χ1) is 9.00. The number of amides is 2. The summed E-state index contributed by atoms with van der Waals surface area (Å²) in [5, 5.41) is 0.375. The third-order valence-electron chi connectivity index (χ3n) is 3.11. The Balaban J connectivity index is 2.35. The molecule has 1 aliphatic heterocycles. The van der Waals surface area contributed by atoms with Crippen molar-refractivity contribution in [2.75, 3.05) is 19.8 Å². The van der Waals surface area contributed by atoms with Crippen LogP contribution >= 0.6 is 11.6 Å². The van der Waals surface area contributed by atoms with E-state index in [1.54, 1.807) is 11.0 Å². The molecule has 1 fully saturated rings. The molecule has 0 bridgehead atoms. The number of morpholine rings is 1. The van der Waals surface area contributed by atoms with Crippen molar-refractivity contribution >= 4 is 23.4 Å². The molecule has 2 N–H and O–H groups in total. The van der Waals surface area contributed by atoms with E-state index in [1.165, 1.54) is 12.1 Å². The van der Waals surface area contributed by atoms with Gasteiger partial charge in [-0.15, -0.1) is 0 Å². The zero-order valence-electron chi connectivity index (χ0n) is 10.6. The summed E-state index contributed by atoms with van der Waals surface area (Å²) in [5.74, 6) is -0.881. The van der Waals surface area contributed by atoms with E-state index in [0.717, 1.165) is 0 Å². The molecule has 102 valence electrons. The lowest BCUT2D eigenvalue weighted by molar-refractivity contribution is 0.00353. The highest BCUT2D eigenvalue weighted by atomic mass is 35.5. The molecule has 1 saturated heterocycles. The maximum atomic E-state index is 12.5. The van der Waals surface area contributed by atoms with E-state index < -0.39 is 5.91 Å². The Morgan fingerprint density at radius 3 is 2.79 bits per heavy atom. The lowest BCUT2D eigenvalue weighted by atomic mass is 10.0. The Morgan fingerprint density at radius 2 is 2.16 bits per heavy atom. The molecule has 0 aliphatic carbocycles. The van der Waals surface area contributed by atoms with E-state index in [9.17, 15) is 9.59 Å². The quantitative estimate of drug-likeness (QED) is 0.889. The van der Waals surface area contributed by atoms with Crippen LogP contribution in [0.3, 0.4) is 0 Å². The van der Waals surface area contributed by atoms with Crippen LogP contribution in [0.5, 0.6) is 0 Å². The van der Waals surface area contributed by atoms with Gasteiger partial charge in [-0.1, -0.05) is 11.6 Å². The summed E-state index contributed by atoms with van der Waals surface area (Å²) in [5.41, 5.74) is 5.72. The molecule has 19 heavy (non-hydrogen) atoms. The van der Waals surface area contributed by atoms with Gasteiger partial charge in [0, 0.05) is 11.6 Å². The average molecular weight is 283 g/mol. The van der Waals surface area contributed by atoms with Gasteiger partial charge in [-0.25, -0.2) is 0 Å². The lowest BCUT2D eigenvalue weighted by Crippen LogP contribution is -2.47. The highest BCUT2D eigenvalue weighted by Gasteiger charge is 2.27.